The van der Waals surface area contributed by atoms with Crippen LogP contribution < -0.4 is 5.32 Å². The van der Waals surface area contributed by atoms with Crippen molar-refractivity contribution in [2.75, 3.05) is 27.7 Å². The van der Waals surface area contributed by atoms with Crippen molar-refractivity contribution < 1.29 is 53.3 Å². The molecule has 0 aromatic carbocycles. The highest BCUT2D eigenvalue weighted by Crippen LogP contribution is 2.41. The molecular weight excluding hydrogens is 724 g/mol. The number of amidine groups is 1. The van der Waals surface area contributed by atoms with E-state index in [2.05, 4.69) is 5.32 Å². The fourth-order valence-corrected chi connectivity index (χ4v) is 9.17. The Morgan fingerprint density at radius 2 is 1.66 bits per heavy atom. The van der Waals surface area contributed by atoms with Gasteiger partial charge >= 0.3 is 0 Å². The molecule has 4 saturated heterocycles. The molecule has 0 aromatic heterocycles. The molecule has 0 bridgehead atoms. The molecule has 0 aliphatic carbocycles. The van der Waals surface area contributed by atoms with Gasteiger partial charge in [0.05, 0.1) is 66.1 Å². The SMILES string of the molecule is CO[C@]1(C)C[C@H](OC2C(C)C(=O)NC(CC(C)C)[C@@H](O)CC(=O)N(C)C[C@H](C)C[C@@](C)(O)[C@H](OC3O[C@H](C)C[C@H]4[C@H]3O/C(=N/C(C)C)N4C)[C@H]2C)OC(C)[C@@H]1O. The standard InChI is InChI=1S/C41H74N4O11/c1-21(2)15-28-30(46)17-31(47)44(12)20-23(5)18-40(10,50)36(56-38-34-29(16-24(6)52-38)45(13)39(55-34)42-22(3)4)25(7)33(26(8)37(49)43-28)54-32-19-41(11,51-14)35(48)27(9)53-32/h21-30,32-36,38,46,48,50H,15-20H2,1-14H3,(H,43,49)/b42-39+/t23-,24-,25+,26?,27?,28?,29+,30+,32+,33?,34-,35+,36-,38?,40-,41-/m1/s1. The number of nitrogens with zero attached hydrogens (tertiary/aromatic N) is 3. The van der Waals surface area contributed by atoms with Crippen LogP contribution in [-0.4, -0.2) is 155 Å². The fraction of sp³-hybridized carbons (Fsp3) is 0.927. The average molecular weight is 799 g/mol. The molecule has 15 nitrogen and oxygen atoms in total. The number of aliphatic imine (C=N–C) groups is 1. The zero-order valence-corrected chi connectivity index (χ0v) is 36.4. The number of hydrogen-bond donors (Lipinski definition) is 4. The third-order valence-electron chi connectivity index (χ3n) is 12.3. The number of nitrogens with one attached hydrogen (secondary N) is 1. The van der Waals surface area contributed by atoms with Crippen molar-refractivity contribution in [2.24, 2.45) is 28.7 Å². The van der Waals surface area contributed by atoms with Crippen LogP contribution in [0.2, 0.25) is 0 Å². The summed E-state index contributed by atoms with van der Waals surface area (Å²) in [6, 6.07) is -0.306. The van der Waals surface area contributed by atoms with Gasteiger partial charge in [0.15, 0.2) is 18.7 Å². The van der Waals surface area contributed by atoms with Crippen LogP contribution in [0.25, 0.3) is 0 Å². The van der Waals surface area contributed by atoms with E-state index in [0.29, 0.717) is 25.4 Å². The lowest BCUT2D eigenvalue weighted by Gasteiger charge is -2.48. The van der Waals surface area contributed by atoms with Gasteiger partial charge in [-0.05, 0) is 72.6 Å². The summed E-state index contributed by atoms with van der Waals surface area (Å²) in [4.78, 5) is 36.2. The van der Waals surface area contributed by atoms with E-state index >= 15 is 0 Å². The van der Waals surface area contributed by atoms with Crippen LogP contribution >= 0.6 is 0 Å². The van der Waals surface area contributed by atoms with Gasteiger partial charge in [0.1, 0.15) is 6.10 Å². The minimum Gasteiger partial charge on any atom is -0.454 e. The summed E-state index contributed by atoms with van der Waals surface area (Å²) in [6.07, 6.45) is -5.87. The Balaban J connectivity index is 1.82. The van der Waals surface area contributed by atoms with Crippen LogP contribution in [0, 0.1) is 23.7 Å². The summed E-state index contributed by atoms with van der Waals surface area (Å²) in [6.45, 7) is 21.1. The normalized spacial score (nSPS) is 44.4. The van der Waals surface area contributed by atoms with Gasteiger partial charge in [0.2, 0.25) is 11.8 Å². The number of fused-ring (bicyclic) bond motifs is 1. The Hall–Kier alpha value is -2.11. The first-order valence-electron chi connectivity index (χ1n) is 20.7. The summed E-state index contributed by atoms with van der Waals surface area (Å²) < 4.78 is 38.8. The number of aliphatic hydroxyl groups excluding tert-OH is 2. The van der Waals surface area contributed by atoms with Crippen LogP contribution in [-0.2, 0) is 38.0 Å². The Morgan fingerprint density at radius 3 is 2.27 bits per heavy atom. The fourth-order valence-electron chi connectivity index (χ4n) is 9.17. The molecule has 4 N–H and O–H groups in total. The van der Waals surface area contributed by atoms with Crippen LogP contribution in [0.3, 0.4) is 0 Å². The topological polar surface area (TPSA) is 181 Å². The van der Waals surface area contributed by atoms with Gasteiger partial charge in [0.25, 0.3) is 6.02 Å². The number of amides is 2. The number of ether oxygens (including phenoxy) is 6. The largest absolute Gasteiger partial charge is 0.454 e. The minimum absolute atomic E-state index is 0.000972. The molecule has 324 valence electrons. The second-order valence-corrected chi connectivity index (χ2v) is 18.5. The van der Waals surface area contributed by atoms with E-state index in [-0.39, 0.29) is 55.2 Å². The number of carbonyl (C=O) groups excluding carboxylic acids is 2. The molecule has 4 heterocycles. The zero-order chi connectivity index (χ0) is 42.0. The summed E-state index contributed by atoms with van der Waals surface area (Å²) >= 11 is 0. The molecule has 0 saturated carbocycles. The molecular formula is C41H74N4O11. The molecule has 4 aliphatic heterocycles. The lowest BCUT2D eigenvalue weighted by Crippen LogP contribution is -2.60. The van der Waals surface area contributed by atoms with Gasteiger partial charge in [-0.25, -0.2) is 4.99 Å². The van der Waals surface area contributed by atoms with Gasteiger partial charge in [-0.1, -0.05) is 34.6 Å². The molecule has 4 fully saturated rings. The van der Waals surface area contributed by atoms with Gasteiger partial charge in [-0.15, -0.1) is 0 Å². The van der Waals surface area contributed by atoms with E-state index in [1.54, 1.807) is 39.6 Å². The van der Waals surface area contributed by atoms with Crippen molar-refractivity contribution in [1.82, 2.24) is 15.1 Å². The average Bonchev–Trinajstić information content (AvgIpc) is 3.39. The quantitative estimate of drug-likeness (QED) is 0.283. The number of aliphatic hydroxyl groups is 3. The molecule has 0 radical (unpaired) electrons. The smallest absolute Gasteiger partial charge is 0.288 e. The maximum absolute atomic E-state index is 14.4. The van der Waals surface area contributed by atoms with Crippen molar-refractivity contribution in [3.63, 3.8) is 0 Å². The molecule has 4 rings (SSSR count). The third-order valence-corrected chi connectivity index (χ3v) is 12.3. The molecule has 0 aromatic rings. The van der Waals surface area contributed by atoms with Crippen molar-refractivity contribution >= 4 is 17.8 Å². The van der Waals surface area contributed by atoms with Crippen molar-refractivity contribution in [1.29, 1.82) is 0 Å². The number of hydrogen-bond acceptors (Lipinski definition) is 12. The van der Waals surface area contributed by atoms with Gasteiger partial charge in [-0.3, -0.25) is 9.59 Å². The second-order valence-electron chi connectivity index (χ2n) is 18.5. The number of likely N-dealkylation sites (N-methyl/N-ethyl adjacent to an activating group) is 1. The first kappa shape index (κ1) is 46.6. The molecule has 4 aliphatic rings. The Morgan fingerprint density at radius 1 is 1.00 bits per heavy atom. The highest BCUT2D eigenvalue weighted by Gasteiger charge is 2.54. The van der Waals surface area contributed by atoms with E-state index in [1.165, 1.54) is 7.11 Å². The van der Waals surface area contributed by atoms with Crippen LogP contribution in [0.4, 0.5) is 0 Å². The molecule has 0 spiro atoms. The van der Waals surface area contributed by atoms with Crippen molar-refractivity contribution in [3.8, 4) is 0 Å². The predicted molar refractivity (Wildman–Crippen MR) is 210 cm³/mol. The van der Waals surface area contributed by atoms with E-state index in [9.17, 15) is 24.9 Å². The minimum atomic E-state index is -1.54. The molecule has 16 atom stereocenters. The first-order chi connectivity index (χ1) is 26.0. The van der Waals surface area contributed by atoms with Gasteiger partial charge in [-0.2, -0.15) is 0 Å². The van der Waals surface area contributed by atoms with Crippen LogP contribution in [0.15, 0.2) is 4.99 Å². The first-order valence-corrected chi connectivity index (χ1v) is 20.7. The molecule has 56 heavy (non-hydrogen) atoms. The lowest BCUT2D eigenvalue weighted by atomic mass is 9.77. The monoisotopic (exact) mass is 799 g/mol. The van der Waals surface area contributed by atoms with Crippen LogP contribution in [0.1, 0.15) is 108 Å². The Bertz CT molecular complexity index is 1350. The van der Waals surface area contributed by atoms with Crippen molar-refractivity contribution in [2.45, 2.75) is 193 Å². The summed E-state index contributed by atoms with van der Waals surface area (Å²) in [5.74, 6) is -2.30. The summed E-state index contributed by atoms with van der Waals surface area (Å²) in [5.41, 5.74) is -2.54. The highest BCUT2D eigenvalue weighted by molar-refractivity contribution is 5.80. The van der Waals surface area contributed by atoms with Crippen molar-refractivity contribution in [3.05, 3.63) is 0 Å². The zero-order valence-electron chi connectivity index (χ0n) is 36.4. The van der Waals surface area contributed by atoms with E-state index in [1.807, 2.05) is 60.4 Å². The molecule has 5 unspecified atom stereocenters. The summed E-state index contributed by atoms with van der Waals surface area (Å²) in [7, 11) is 5.17. The number of carbonyl (C=O) groups is 2. The predicted octanol–water partition coefficient (Wildman–Crippen LogP) is 3.06. The number of rotatable bonds is 8. The third kappa shape index (κ3) is 10.9. The van der Waals surface area contributed by atoms with Crippen LogP contribution in [0.5, 0.6) is 0 Å². The summed E-state index contributed by atoms with van der Waals surface area (Å²) in [5, 5.41) is 38.1. The lowest BCUT2D eigenvalue weighted by molar-refractivity contribution is -0.313. The molecule has 2 amide bonds. The Labute approximate surface area is 335 Å². The van der Waals surface area contributed by atoms with E-state index < -0.39 is 84.2 Å². The van der Waals surface area contributed by atoms with E-state index in [0.717, 1.165) is 0 Å². The Kier molecular flexibility index (Phi) is 15.7. The van der Waals surface area contributed by atoms with Gasteiger partial charge < -0.3 is 58.9 Å². The maximum Gasteiger partial charge on any atom is 0.288 e. The van der Waals surface area contributed by atoms with Gasteiger partial charge in [0, 0.05) is 46.1 Å². The van der Waals surface area contributed by atoms with E-state index in [4.69, 9.17) is 33.4 Å². The maximum atomic E-state index is 14.4. The molecule has 15 heteroatoms. The highest BCUT2D eigenvalue weighted by atomic mass is 16.7. The number of methoxy groups -OCH3 is 1. The second kappa shape index (κ2) is 18.9.